The van der Waals surface area contributed by atoms with E-state index in [1.54, 1.807) is 6.92 Å². The van der Waals surface area contributed by atoms with Crippen molar-refractivity contribution in [3.8, 4) is 0 Å². The Hall–Kier alpha value is 0.170. The lowest BCUT2D eigenvalue weighted by atomic mass is 10.5. The first-order valence-corrected chi connectivity index (χ1v) is 4.10. The van der Waals surface area contributed by atoms with Crippen molar-refractivity contribution in [3.05, 3.63) is 0 Å². The lowest BCUT2D eigenvalue weighted by molar-refractivity contribution is -0.112. The monoisotopic (exact) mass is 188 g/mol. The Morgan fingerprint density at radius 2 is 2.20 bits per heavy atom. The summed E-state index contributed by atoms with van der Waals surface area (Å²) in [6, 6.07) is 0. The van der Waals surface area contributed by atoms with Gasteiger partial charge in [-0.1, -0.05) is 18.7 Å². The summed E-state index contributed by atoms with van der Waals surface area (Å²) in [6.45, 7) is 1.71. The molecule has 0 aromatic carbocycles. The Balaban J connectivity index is 3.71. The Bertz CT molecular complexity index is 120. The number of thioether (sulfide) groups is 1. The third-order valence-corrected chi connectivity index (χ3v) is 2.08. The number of alkyl halides is 3. The minimum Gasteiger partial charge on any atom is -0.285 e. The number of hydrogen-bond donors (Lipinski definition) is 0. The highest BCUT2D eigenvalue weighted by Gasteiger charge is 2.24. The van der Waals surface area contributed by atoms with Crippen LogP contribution in [0, 0.1) is 0 Å². The van der Waals surface area contributed by atoms with Crippen LogP contribution in [-0.2, 0) is 4.79 Å². The van der Waals surface area contributed by atoms with Crippen molar-refractivity contribution in [2.45, 2.75) is 18.7 Å². The molecule has 0 saturated heterocycles. The predicted molar refractivity (Wildman–Crippen MR) is 38.8 cm³/mol. The summed E-state index contributed by atoms with van der Waals surface area (Å²) in [7, 11) is 0. The van der Waals surface area contributed by atoms with Crippen molar-refractivity contribution < 1.29 is 13.6 Å². The van der Waals surface area contributed by atoms with E-state index in [1.807, 2.05) is 0 Å². The first-order chi connectivity index (χ1) is 4.59. The van der Waals surface area contributed by atoms with Gasteiger partial charge in [0.25, 0.3) is 6.43 Å². The molecule has 0 saturated carbocycles. The molecule has 1 nitrogen and oxygen atoms in total. The zero-order valence-electron chi connectivity index (χ0n) is 5.31. The van der Waals surface area contributed by atoms with E-state index in [9.17, 15) is 13.6 Å². The average molecular weight is 189 g/mol. The van der Waals surface area contributed by atoms with Crippen molar-refractivity contribution in [3.63, 3.8) is 0 Å². The predicted octanol–water partition coefficient (Wildman–Crippen LogP) is 2.14. The maximum absolute atomic E-state index is 11.6. The molecule has 60 valence electrons. The quantitative estimate of drug-likeness (QED) is 0.632. The molecule has 1 atom stereocenters. The van der Waals surface area contributed by atoms with Gasteiger partial charge in [-0.25, -0.2) is 8.78 Å². The Kier molecular flexibility index (Phi) is 4.99. The molecule has 0 amide bonds. The molecule has 0 spiro atoms. The normalized spacial score (nSPS) is 13.7. The van der Waals surface area contributed by atoms with Crippen molar-refractivity contribution in [2.24, 2.45) is 0 Å². The van der Waals surface area contributed by atoms with Crippen LogP contribution >= 0.6 is 23.4 Å². The summed E-state index contributed by atoms with van der Waals surface area (Å²) in [5.41, 5.74) is 0. The minimum absolute atomic E-state index is 0.481. The highest BCUT2D eigenvalue weighted by atomic mass is 35.5. The van der Waals surface area contributed by atoms with E-state index in [1.165, 1.54) is 0 Å². The minimum atomic E-state index is -2.76. The zero-order chi connectivity index (χ0) is 8.15. The zero-order valence-corrected chi connectivity index (χ0v) is 6.88. The van der Waals surface area contributed by atoms with Crippen LogP contribution in [0.1, 0.15) is 6.92 Å². The molecule has 0 N–H and O–H groups in total. The number of carbonyl (C=O) groups excluding carboxylic acids is 1. The molecular formula is C5H7ClF2OS. The molecule has 0 aromatic rings. The summed E-state index contributed by atoms with van der Waals surface area (Å²) < 4.78 is 23.3. The molecule has 5 heteroatoms. The van der Waals surface area contributed by atoms with Gasteiger partial charge in [-0.05, 0) is 5.75 Å². The summed E-state index contributed by atoms with van der Waals surface area (Å²) in [5.74, 6) is 0.481. The molecule has 0 aromatic heterocycles. The van der Waals surface area contributed by atoms with Crippen molar-refractivity contribution in [1.82, 2.24) is 0 Å². The highest BCUT2D eigenvalue weighted by molar-refractivity contribution is 8.13. The summed E-state index contributed by atoms with van der Waals surface area (Å²) in [5, 5.41) is -2.30. The van der Waals surface area contributed by atoms with Gasteiger partial charge in [-0.3, -0.25) is 4.79 Å². The maximum atomic E-state index is 11.6. The van der Waals surface area contributed by atoms with Crippen LogP contribution < -0.4 is 0 Å². The molecule has 10 heavy (non-hydrogen) atoms. The molecule has 0 bridgehead atoms. The highest BCUT2D eigenvalue weighted by Crippen LogP contribution is 2.16. The Morgan fingerprint density at radius 1 is 1.70 bits per heavy atom. The van der Waals surface area contributed by atoms with Crippen LogP contribution in [0.4, 0.5) is 8.78 Å². The van der Waals surface area contributed by atoms with Gasteiger partial charge in [0.1, 0.15) is 0 Å². The second-order valence-corrected chi connectivity index (χ2v) is 3.23. The SMILES string of the molecule is CCSC(=O)C(Cl)C(F)F. The van der Waals surface area contributed by atoms with Gasteiger partial charge in [0.2, 0.25) is 5.12 Å². The van der Waals surface area contributed by atoms with Gasteiger partial charge in [0, 0.05) is 0 Å². The number of hydrogen-bond acceptors (Lipinski definition) is 2. The average Bonchev–Trinajstić information content (AvgIpc) is 1.87. The molecule has 0 rings (SSSR count). The van der Waals surface area contributed by atoms with E-state index in [0.29, 0.717) is 5.75 Å². The number of carbonyl (C=O) groups is 1. The molecule has 0 aliphatic heterocycles. The molecule has 0 aliphatic carbocycles. The van der Waals surface area contributed by atoms with Crippen molar-refractivity contribution in [1.29, 1.82) is 0 Å². The number of halogens is 3. The van der Waals surface area contributed by atoms with Crippen LogP contribution in [-0.4, -0.2) is 22.7 Å². The van der Waals surface area contributed by atoms with Gasteiger partial charge in [-0.2, -0.15) is 0 Å². The third-order valence-electron chi connectivity index (χ3n) is 0.733. The third kappa shape index (κ3) is 3.37. The summed E-state index contributed by atoms with van der Waals surface area (Å²) in [4.78, 5) is 10.5. The van der Waals surface area contributed by atoms with E-state index in [-0.39, 0.29) is 0 Å². The topological polar surface area (TPSA) is 17.1 Å². The van der Waals surface area contributed by atoms with E-state index >= 15 is 0 Å². The lowest BCUT2D eigenvalue weighted by Crippen LogP contribution is -2.19. The van der Waals surface area contributed by atoms with E-state index < -0.39 is 16.9 Å². The molecule has 1 unspecified atom stereocenters. The largest absolute Gasteiger partial charge is 0.285 e. The fraction of sp³-hybridized carbons (Fsp3) is 0.800. The molecular weight excluding hydrogens is 182 g/mol. The Morgan fingerprint density at radius 3 is 2.50 bits per heavy atom. The van der Waals surface area contributed by atoms with Crippen LogP contribution in [0.2, 0.25) is 0 Å². The van der Waals surface area contributed by atoms with Crippen LogP contribution in [0.15, 0.2) is 0 Å². The number of rotatable bonds is 3. The summed E-state index contributed by atoms with van der Waals surface area (Å²) in [6.07, 6.45) is -2.76. The van der Waals surface area contributed by atoms with Crippen molar-refractivity contribution in [2.75, 3.05) is 5.75 Å². The summed E-state index contributed by atoms with van der Waals surface area (Å²) >= 11 is 5.84. The maximum Gasteiger partial charge on any atom is 0.262 e. The molecule has 0 fully saturated rings. The van der Waals surface area contributed by atoms with Crippen LogP contribution in [0.3, 0.4) is 0 Å². The molecule has 0 aliphatic rings. The first kappa shape index (κ1) is 10.2. The fourth-order valence-corrected chi connectivity index (χ4v) is 1.06. The first-order valence-electron chi connectivity index (χ1n) is 2.68. The second kappa shape index (κ2) is 4.91. The van der Waals surface area contributed by atoms with E-state index in [4.69, 9.17) is 11.6 Å². The fourth-order valence-electron chi connectivity index (χ4n) is 0.325. The van der Waals surface area contributed by atoms with Gasteiger partial charge >= 0.3 is 0 Å². The van der Waals surface area contributed by atoms with Gasteiger partial charge in [0.05, 0.1) is 0 Å². The van der Waals surface area contributed by atoms with Gasteiger partial charge < -0.3 is 0 Å². The van der Waals surface area contributed by atoms with E-state index in [0.717, 1.165) is 11.8 Å². The second-order valence-electron chi connectivity index (χ2n) is 1.49. The van der Waals surface area contributed by atoms with Gasteiger partial charge in [0.15, 0.2) is 5.38 Å². The van der Waals surface area contributed by atoms with Crippen molar-refractivity contribution >= 4 is 28.5 Å². The molecule has 0 heterocycles. The van der Waals surface area contributed by atoms with Crippen LogP contribution in [0.25, 0.3) is 0 Å². The Labute approximate surface area is 67.1 Å². The standard InChI is InChI=1S/C5H7ClF2OS/c1-2-10-5(9)3(6)4(7)8/h3-4H,2H2,1H3. The van der Waals surface area contributed by atoms with Crippen LogP contribution in [0.5, 0.6) is 0 Å². The lowest BCUT2D eigenvalue weighted by Gasteiger charge is -2.03. The smallest absolute Gasteiger partial charge is 0.262 e. The van der Waals surface area contributed by atoms with Gasteiger partial charge in [-0.15, -0.1) is 11.6 Å². The molecule has 0 radical (unpaired) electrons. The van der Waals surface area contributed by atoms with E-state index in [2.05, 4.69) is 0 Å².